The number of nitrogens with one attached hydrogen (secondary N) is 2. The van der Waals surface area contributed by atoms with E-state index in [1.807, 2.05) is 17.8 Å². The fourth-order valence-electron chi connectivity index (χ4n) is 3.88. The number of fused-ring (bicyclic) bond motifs is 1. The van der Waals surface area contributed by atoms with Crippen molar-refractivity contribution in [2.75, 3.05) is 44.3 Å². The number of hydrogen-bond donors (Lipinski definition) is 2. The number of aromatic nitrogens is 3. The Morgan fingerprint density at radius 1 is 1.07 bits per heavy atom. The normalized spacial score (nSPS) is 17.8. The number of ether oxygens (including phenoxy) is 1. The maximum atomic E-state index is 6.58. The molecule has 2 aliphatic rings. The summed E-state index contributed by atoms with van der Waals surface area (Å²) in [6.45, 7) is 5.56. The Balaban J connectivity index is 0.00000218. The molecule has 2 N–H and O–H groups in total. The van der Waals surface area contributed by atoms with Crippen molar-refractivity contribution in [2.45, 2.75) is 23.2 Å². The molecule has 0 aliphatic carbocycles. The summed E-state index contributed by atoms with van der Waals surface area (Å²) in [5.41, 5.74) is 4.59. The lowest BCUT2D eigenvalue weighted by Gasteiger charge is -2.28. The van der Waals surface area contributed by atoms with Gasteiger partial charge in [0.05, 0.1) is 29.4 Å². The van der Waals surface area contributed by atoms with E-state index in [0.29, 0.717) is 10.3 Å². The number of H-pyrrole nitrogens is 1. The van der Waals surface area contributed by atoms with E-state index < -0.39 is 0 Å². The number of anilines is 1. The minimum Gasteiger partial charge on any atom is -0.378 e. The Kier molecular flexibility index (Phi) is 7.05. The van der Waals surface area contributed by atoms with Crippen LogP contribution in [0.1, 0.15) is 12.8 Å². The van der Waals surface area contributed by atoms with Crippen molar-refractivity contribution in [2.24, 2.45) is 0 Å². The van der Waals surface area contributed by atoms with E-state index in [9.17, 15) is 0 Å². The molecule has 30 heavy (non-hydrogen) atoms. The highest BCUT2D eigenvalue weighted by molar-refractivity contribution is 7.99. The largest absolute Gasteiger partial charge is 0.378 e. The van der Waals surface area contributed by atoms with Gasteiger partial charge in [-0.1, -0.05) is 35.5 Å². The molecule has 6 nitrogen and oxygen atoms in total. The highest BCUT2D eigenvalue weighted by atomic mass is 35.5. The van der Waals surface area contributed by atoms with Gasteiger partial charge in [0.15, 0.2) is 10.8 Å². The van der Waals surface area contributed by atoms with Gasteiger partial charge in [-0.05, 0) is 44.1 Å². The van der Waals surface area contributed by atoms with Crippen LogP contribution in [-0.2, 0) is 4.74 Å². The highest BCUT2D eigenvalue weighted by Gasteiger charge is 2.18. The van der Waals surface area contributed by atoms with E-state index in [4.69, 9.17) is 26.3 Å². The van der Waals surface area contributed by atoms with Crippen LogP contribution in [0.15, 0.2) is 35.5 Å². The smallest absolute Gasteiger partial charge is 0.179 e. The Hall–Kier alpha value is -1.51. The molecular formula is C21H25Cl2N5OS. The van der Waals surface area contributed by atoms with Crippen LogP contribution in [-0.4, -0.2) is 59.6 Å². The number of imidazole rings is 1. The summed E-state index contributed by atoms with van der Waals surface area (Å²) in [5, 5.41) is 5.56. The first-order chi connectivity index (χ1) is 14.3. The standard InChI is InChI=1S/C21H24ClN5OS.ClH/c22-17-13-18-20(26-21(24-18)29-16-5-7-23-8-6-16)25-19(17)14-1-3-15(4-2-14)27-9-11-28-12-10-27;/h1-4,13,16,23H,5-12H2,(H,24,25,26);1H. The zero-order chi connectivity index (χ0) is 19.6. The number of rotatable bonds is 4. The summed E-state index contributed by atoms with van der Waals surface area (Å²) in [6.07, 6.45) is 2.33. The Morgan fingerprint density at radius 3 is 2.53 bits per heavy atom. The fraction of sp³-hybridized carbons (Fsp3) is 0.429. The second-order valence-electron chi connectivity index (χ2n) is 7.45. The third-order valence-corrected chi connectivity index (χ3v) is 7.00. The average Bonchev–Trinajstić information content (AvgIpc) is 3.15. The molecule has 2 aromatic heterocycles. The van der Waals surface area contributed by atoms with Gasteiger partial charge in [-0.25, -0.2) is 9.97 Å². The van der Waals surface area contributed by atoms with Gasteiger partial charge in [-0.15, -0.1) is 12.4 Å². The third-order valence-electron chi connectivity index (χ3n) is 5.49. The lowest BCUT2D eigenvalue weighted by atomic mass is 10.1. The van der Waals surface area contributed by atoms with E-state index in [-0.39, 0.29) is 12.4 Å². The highest BCUT2D eigenvalue weighted by Crippen LogP contribution is 2.32. The zero-order valence-corrected chi connectivity index (χ0v) is 19.0. The molecule has 0 unspecified atom stereocenters. The lowest BCUT2D eigenvalue weighted by molar-refractivity contribution is 0.122. The number of thioether (sulfide) groups is 1. The number of piperidine rings is 1. The molecule has 160 valence electrons. The summed E-state index contributed by atoms with van der Waals surface area (Å²) in [6, 6.07) is 10.4. The van der Waals surface area contributed by atoms with Crippen LogP contribution in [0.25, 0.3) is 22.4 Å². The van der Waals surface area contributed by atoms with E-state index in [1.54, 1.807) is 0 Å². The molecule has 2 saturated heterocycles. The van der Waals surface area contributed by atoms with Gasteiger partial charge in [0, 0.05) is 29.6 Å². The number of nitrogens with zero attached hydrogens (tertiary/aromatic N) is 3. The van der Waals surface area contributed by atoms with Gasteiger partial charge in [-0.2, -0.15) is 0 Å². The molecule has 0 saturated carbocycles. The van der Waals surface area contributed by atoms with Crippen molar-refractivity contribution in [1.82, 2.24) is 20.3 Å². The van der Waals surface area contributed by atoms with Crippen LogP contribution < -0.4 is 10.2 Å². The SMILES string of the molecule is Cl.Clc1cc2[nH]c(SC3CCNCC3)nc2nc1-c1ccc(N2CCOCC2)cc1. The van der Waals surface area contributed by atoms with Crippen molar-refractivity contribution in [3.8, 4) is 11.3 Å². The summed E-state index contributed by atoms with van der Waals surface area (Å²) >= 11 is 8.39. The summed E-state index contributed by atoms with van der Waals surface area (Å²) in [4.78, 5) is 15.2. The third kappa shape index (κ3) is 4.70. The maximum Gasteiger partial charge on any atom is 0.179 e. The van der Waals surface area contributed by atoms with Crippen LogP contribution in [0.3, 0.4) is 0 Å². The minimum atomic E-state index is 0. The molecule has 2 aliphatic heterocycles. The van der Waals surface area contributed by atoms with Crippen molar-refractivity contribution >= 4 is 52.6 Å². The molecule has 9 heteroatoms. The fourth-order valence-corrected chi connectivity index (χ4v) is 5.23. The Bertz CT molecular complexity index is 985. The Morgan fingerprint density at radius 2 is 1.80 bits per heavy atom. The van der Waals surface area contributed by atoms with Crippen LogP contribution in [0.4, 0.5) is 5.69 Å². The Labute approximate surface area is 191 Å². The average molecular weight is 466 g/mol. The number of halogens is 2. The predicted octanol–water partition coefficient (Wildman–Crippen LogP) is 4.38. The van der Waals surface area contributed by atoms with Crippen LogP contribution >= 0.6 is 35.8 Å². The molecule has 0 bridgehead atoms. The van der Waals surface area contributed by atoms with Crippen molar-refractivity contribution in [3.63, 3.8) is 0 Å². The van der Waals surface area contributed by atoms with Gasteiger partial charge in [0.1, 0.15) is 0 Å². The molecule has 4 heterocycles. The number of benzene rings is 1. The second-order valence-corrected chi connectivity index (χ2v) is 9.14. The topological polar surface area (TPSA) is 66.1 Å². The molecule has 0 amide bonds. The van der Waals surface area contributed by atoms with Gasteiger partial charge < -0.3 is 19.9 Å². The zero-order valence-electron chi connectivity index (χ0n) is 16.6. The molecule has 2 fully saturated rings. The first-order valence-corrected chi connectivity index (χ1v) is 11.4. The molecule has 5 rings (SSSR count). The first-order valence-electron chi connectivity index (χ1n) is 10.1. The first kappa shape index (κ1) is 21.7. The minimum absolute atomic E-state index is 0. The molecular weight excluding hydrogens is 441 g/mol. The molecule has 0 spiro atoms. The predicted molar refractivity (Wildman–Crippen MR) is 126 cm³/mol. The molecule has 3 aromatic rings. The van der Waals surface area contributed by atoms with E-state index in [0.717, 1.165) is 79.8 Å². The van der Waals surface area contributed by atoms with Crippen molar-refractivity contribution in [3.05, 3.63) is 35.4 Å². The summed E-state index contributed by atoms with van der Waals surface area (Å²) in [7, 11) is 0. The maximum absolute atomic E-state index is 6.58. The van der Waals surface area contributed by atoms with Gasteiger partial charge in [0.2, 0.25) is 0 Å². The van der Waals surface area contributed by atoms with Gasteiger partial charge >= 0.3 is 0 Å². The van der Waals surface area contributed by atoms with E-state index >= 15 is 0 Å². The van der Waals surface area contributed by atoms with Crippen LogP contribution in [0.2, 0.25) is 5.02 Å². The number of aromatic amines is 1. The number of hydrogen-bond acceptors (Lipinski definition) is 6. The van der Waals surface area contributed by atoms with Crippen molar-refractivity contribution in [1.29, 1.82) is 0 Å². The van der Waals surface area contributed by atoms with E-state index in [2.05, 4.69) is 39.5 Å². The number of pyridine rings is 1. The molecule has 1 aromatic carbocycles. The molecule has 0 atom stereocenters. The molecule has 0 radical (unpaired) electrons. The monoisotopic (exact) mass is 465 g/mol. The van der Waals surface area contributed by atoms with Crippen molar-refractivity contribution < 1.29 is 4.74 Å². The lowest BCUT2D eigenvalue weighted by Crippen LogP contribution is -2.36. The van der Waals surface area contributed by atoms with Crippen LogP contribution in [0, 0.1) is 0 Å². The van der Waals surface area contributed by atoms with E-state index in [1.165, 1.54) is 5.69 Å². The number of morpholine rings is 1. The second kappa shape index (κ2) is 9.75. The summed E-state index contributed by atoms with van der Waals surface area (Å²) in [5.74, 6) is 0. The van der Waals surface area contributed by atoms with Crippen LogP contribution in [0.5, 0.6) is 0 Å². The van der Waals surface area contributed by atoms with Gasteiger partial charge in [-0.3, -0.25) is 0 Å². The summed E-state index contributed by atoms with van der Waals surface area (Å²) < 4.78 is 5.44. The quantitative estimate of drug-likeness (QED) is 0.595. The van der Waals surface area contributed by atoms with Gasteiger partial charge in [0.25, 0.3) is 0 Å².